The zero-order valence-electron chi connectivity index (χ0n) is 9.75. The fraction of sp³-hybridized carbons (Fsp3) is 0.400. The van der Waals surface area contributed by atoms with E-state index >= 15 is 0 Å². The summed E-state index contributed by atoms with van der Waals surface area (Å²) in [5.74, 6) is 0.0861. The van der Waals surface area contributed by atoms with Gasteiger partial charge in [-0.1, -0.05) is 11.8 Å². The molecule has 0 spiro atoms. The largest absolute Gasteiger partial charge is 0.394 e. The summed E-state index contributed by atoms with van der Waals surface area (Å²) in [5.41, 5.74) is 1.31. The lowest BCUT2D eigenvalue weighted by Gasteiger charge is -2.10. The number of hydrogen-bond donors (Lipinski definition) is 3. The number of hydrogen-bond acceptors (Lipinski definition) is 6. The van der Waals surface area contributed by atoms with Gasteiger partial charge in [-0.25, -0.2) is 15.0 Å². The van der Waals surface area contributed by atoms with Crippen molar-refractivity contribution in [2.24, 2.45) is 0 Å². The zero-order valence-corrected chi connectivity index (χ0v) is 10.6. The number of aromatic amines is 1. The van der Waals surface area contributed by atoms with Crippen LogP contribution in [0, 0.1) is 0 Å². The number of fused-ring (bicyclic) bond motifs is 1. The van der Waals surface area contributed by atoms with Gasteiger partial charge >= 0.3 is 0 Å². The molecule has 0 aliphatic carbocycles. The van der Waals surface area contributed by atoms with Crippen LogP contribution in [0.15, 0.2) is 17.7 Å². The average molecular weight is 267 g/mol. The Kier molecular flexibility index (Phi) is 4.11. The van der Waals surface area contributed by atoms with Gasteiger partial charge in [0.25, 0.3) is 0 Å². The second kappa shape index (κ2) is 5.78. The standard InChI is InChI=1S/C10H13N5O2S/c1-6(2-16)15-7(17)3-18-10-8-9(12-4-11-8)13-5-14-10/h4-6,16H,2-3H2,1H3,(H,15,17)(H,11,12,13,14)/t6-/m1/s1. The van der Waals surface area contributed by atoms with Crippen LogP contribution in [-0.2, 0) is 4.79 Å². The lowest BCUT2D eigenvalue weighted by Crippen LogP contribution is -2.36. The molecule has 0 bridgehead atoms. The van der Waals surface area contributed by atoms with Crippen LogP contribution in [0.3, 0.4) is 0 Å². The van der Waals surface area contributed by atoms with E-state index in [9.17, 15) is 4.79 Å². The Hall–Kier alpha value is -1.67. The van der Waals surface area contributed by atoms with Crippen molar-refractivity contribution in [3.63, 3.8) is 0 Å². The van der Waals surface area contributed by atoms with Gasteiger partial charge in [0.05, 0.1) is 18.7 Å². The zero-order chi connectivity index (χ0) is 13.0. The first kappa shape index (κ1) is 12.8. The molecular weight excluding hydrogens is 254 g/mol. The van der Waals surface area contributed by atoms with Crippen LogP contribution in [0.4, 0.5) is 0 Å². The highest BCUT2D eigenvalue weighted by Gasteiger charge is 2.10. The Morgan fingerprint density at radius 2 is 2.39 bits per heavy atom. The van der Waals surface area contributed by atoms with Gasteiger partial charge in [-0.3, -0.25) is 4.79 Å². The maximum absolute atomic E-state index is 11.5. The van der Waals surface area contributed by atoms with Crippen molar-refractivity contribution in [2.45, 2.75) is 18.0 Å². The van der Waals surface area contributed by atoms with Crippen molar-refractivity contribution < 1.29 is 9.90 Å². The maximum Gasteiger partial charge on any atom is 0.230 e. The van der Waals surface area contributed by atoms with Crippen LogP contribution < -0.4 is 5.32 Å². The van der Waals surface area contributed by atoms with Crippen LogP contribution in [0.2, 0.25) is 0 Å². The molecule has 0 radical (unpaired) electrons. The van der Waals surface area contributed by atoms with Gasteiger partial charge in [0.2, 0.25) is 5.91 Å². The van der Waals surface area contributed by atoms with E-state index in [1.54, 1.807) is 6.92 Å². The SMILES string of the molecule is C[C@H](CO)NC(=O)CSc1ncnc2nc[nH]c12. The molecular formula is C10H13N5O2S. The molecule has 2 heterocycles. The van der Waals surface area contributed by atoms with E-state index in [2.05, 4.69) is 25.3 Å². The van der Waals surface area contributed by atoms with Gasteiger partial charge in [0.15, 0.2) is 5.65 Å². The van der Waals surface area contributed by atoms with E-state index < -0.39 is 0 Å². The molecule has 18 heavy (non-hydrogen) atoms. The number of carbonyl (C=O) groups excluding carboxylic acids is 1. The summed E-state index contributed by atoms with van der Waals surface area (Å²) in [6.07, 6.45) is 2.96. The molecule has 2 aromatic heterocycles. The highest BCUT2D eigenvalue weighted by Crippen LogP contribution is 2.21. The Labute approximate surface area is 107 Å². The second-order valence-corrected chi connectivity index (χ2v) is 4.68. The number of aliphatic hydroxyl groups excluding tert-OH is 1. The van der Waals surface area contributed by atoms with Crippen molar-refractivity contribution >= 4 is 28.8 Å². The number of nitrogens with one attached hydrogen (secondary N) is 2. The molecule has 0 aliphatic rings. The number of carbonyl (C=O) groups is 1. The average Bonchev–Trinajstić information content (AvgIpc) is 2.84. The number of aliphatic hydroxyl groups is 1. The number of amides is 1. The molecule has 0 saturated heterocycles. The van der Waals surface area contributed by atoms with Gasteiger partial charge in [0.1, 0.15) is 16.9 Å². The molecule has 8 heteroatoms. The molecule has 0 saturated carbocycles. The summed E-state index contributed by atoms with van der Waals surface area (Å²) in [5, 5.41) is 12.2. The normalized spacial score (nSPS) is 12.6. The van der Waals surface area contributed by atoms with Crippen molar-refractivity contribution in [2.75, 3.05) is 12.4 Å². The topological polar surface area (TPSA) is 104 Å². The predicted octanol–water partition coefficient (Wildman–Crippen LogP) is -0.0580. The molecule has 96 valence electrons. The van der Waals surface area contributed by atoms with Crippen LogP contribution >= 0.6 is 11.8 Å². The molecule has 0 fully saturated rings. The smallest absolute Gasteiger partial charge is 0.230 e. The third-order valence-corrected chi connectivity index (χ3v) is 3.20. The second-order valence-electron chi connectivity index (χ2n) is 3.72. The first-order valence-corrected chi connectivity index (χ1v) is 6.36. The molecule has 0 aromatic carbocycles. The molecule has 0 aliphatic heterocycles. The molecule has 1 atom stereocenters. The van der Waals surface area contributed by atoms with E-state index in [1.807, 2.05) is 0 Å². The number of nitrogens with zero attached hydrogens (tertiary/aromatic N) is 3. The molecule has 1 amide bonds. The van der Waals surface area contributed by atoms with Crippen LogP contribution in [-0.4, -0.2) is 49.4 Å². The Bertz CT molecular complexity index is 544. The minimum Gasteiger partial charge on any atom is -0.394 e. The number of thioether (sulfide) groups is 1. The van der Waals surface area contributed by atoms with E-state index in [0.29, 0.717) is 10.7 Å². The monoisotopic (exact) mass is 267 g/mol. The van der Waals surface area contributed by atoms with Crippen molar-refractivity contribution in [3.05, 3.63) is 12.7 Å². The van der Waals surface area contributed by atoms with Gasteiger partial charge in [-0.15, -0.1) is 0 Å². The summed E-state index contributed by atoms with van der Waals surface area (Å²) in [7, 11) is 0. The summed E-state index contributed by atoms with van der Waals surface area (Å²) < 4.78 is 0. The Balaban J connectivity index is 1.98. The van der Waals surface area contributed by atoms with Gasteiger partial charge in [-0.2, -0.15) is 0 Å². The van der Waals surface area contributed by atoms with Crippen molar-refractivity contribution in [1.82, 2.24) is 25.3 Å². The minimum absolute atomic E-state index is 0.0747. The van der Waals surface area contributed by atoms with Gasteiger partial charge in [-0.05, 0) is 6.92 Å². The summed E-state index contributed by atoms with van der Waals surface area (Å²) in [6.45, 7) is 1.66. The number of H-pyrrole nitrogens is 1. The Morgan fingerprint density at radius 3 is 3.17 bits per heavy atom. The fourth-order valence-corrected chi connectivity index (χ4v) is 2.12. The first-order chi connectivity index (χ1) is 8.70. The highest BCUT2D eigenvalue weighted by atomic mass is 32.2. The van der Waals surface area contributed by atoms with E-state index in [0.717, 1.165) is 5.52 Å². The van der Waals surface area contributed by atoms with Crippen molar-refractivity contribution in [3.8, 4) is 0 Å². The number of aromatic nitrogens is 4. The van der Waals surface area contributed by atoms with E-state index in [4.69, 9.17) is 5.11 Å². The third kappa shape index (κ3) is 2.96. The number of rotatable bonds is 5. The highest BCUT2D eigenvalue weighted by molar-refractivity contribution is 8.00. The molecule has 7 nitrogen and oxygen atoms in total. The summed E-state index contributed by atoms with van der Waals surface area (Å²) in [4.78, 5) is 26.6. The van der Waals surface area contributed by atoms with E-state index in [1.165, 1.54) is 24.4 Å². The van der Waals surface area contributed by atoms with Gasteiger partial charge < -0.3 is 15.4 Å². The van der Waals surface area contributed by atoms with Crippen LogP contribution in [0.1, 0.15) is 6.92 Å². The van der Waals surface area contributed by atoms with E-state index in [-0.39, 0.29) is 24.3 Å². The quantitative estimate of drug-likeness (QED) is 0.518. The number of imidazole rings is 1. The molecule has 2 aromatic rings. The predicted molar refractivity (Wildman–Crippen MR) is 67.1 cm³/mol. The molecule has 3 N–H and O–H groups in total. The lowest BCUT2D eigenvalue weighted by molar-refractivity contribution is -0.119. The Morgan fingerprint density at radius 1 is 1.56 bits per heavy atom. The lowest BCUT2D eigenvalue weighted by atomic mass is 10.4. The van der Waals surface area contributed by atoms with Crippen LogP contribution in [0.5, 0.6) is 0 Å². The molecule has 0 unspecified atom stereocenters. The summed E-state index contributed by atoms with van der Waals surface area (Å²) in [6, 6.07) is -0.240. The van der Waals surface area contributed by atoms with Crippen LogP contribution in [0.25, 0.3) is 11.2 Å². The maximum atomic E-state index is 11.5. The first-order valence-electron chi connectivity index (χ1n) is 5.38. The summed E-state index contributed by atoms with van der Waals surface area (Å²) >= 11 is 1.30. The fourth-order valence-electron chi connectivity index (χ4n) is 1.35. The molecule has 2 rings (SSSR count). The van der Waals surface area contributed by atoms with Gasteiger partial charge in [0, 0.05) is 6.04 Å². The van der Waals surface area contributed by atoms with Crippen molar-refractivity contribution in [1.29, 1.82) is 0 Å². The third-order valence-electron chi connectivity index (χ3n) is 2.21. The minimum atomic E-state index is -0.240.